The second-order valence-corrected chi connectivity index (χ2v) is 6.86. The molecule has 26 heavy (non-hydrogen) atoms. The number of carbonyl (C=O) groups is 1. The van der Waals surface area contributed by atoms with Crippen LogP contribution >= 0.6 is 11.6 Å². The van der Waals surface area contributed by atoms with Crippen molar-refractivity contribution < 1.29 is 13.7 Å². The largest absolute Gasteiger partial charge is 0.338 e. The third kappa shape index (κ3) is 4.04. The fourth-order valence-electron chi connectivity index (χ4n) is 3.06. The molecule has 1 saturated heterocycles. The van der Waals surface area contributed by atoms with E-state index in [-0.39, 0.29) is 17.5 Å². The maximum absolute atomic E-state index is 13.9. The number of carbonyl (C=O) groups excluding carboxylic acids is 1. The Morgan fingerprint density at radius 1 is 1.35 bits per heavy atom. The normalized spacial score (nSPS) is 16.7. The van der Waals surface area contributed by atoms with Crippen molar-refractivity contribution in [3.63, 3.8) is 0 Å². The summed E-state index contributed by atoms with van der Waals surface area (Å²) in [4.78, 5) is 20.8. The molecule has 1 unspecified atom stereocenters. The highest BCUT2D eigenvalue weighted by Gasteiger charge is 2.29. The van der Waals surface area contributed by atoms with Gasteiger partial charge in [-0.2, -0.15) is 4.98 Å². The summed E-state index contributed by atoms with van der Waals surface area (Å²) in [6.45, 7) is 6.40. The van der Waals surface area contributed by atoms with E-state index in [0.29, 0.717) is 37.1 Å². The van der Waals surface area contributed by atoms with Crippen LogP contribution in [0.1, 0.15) is 48.4 Å². The van der Waals surface area contributed by atoms with Crippen LogP contribution in [0.2, 0.25) is 5.02 Å². The summed E-state index contributed by atoms with van der Waals surface area (Å²) in [6.07, 6.45) is 1.76. The number of benzene rings is 1. The first-order valence-electron chi connectivity index (χ1n) is 8.80. The van der Waals surface area contributed by atoms with Crippen LogP contribution in [0, 0.1) is 5.82 Å². The Labute approximate surface area is 156 Å². The quantitative estimate of drug-likeness (QED) is 0.796. The standard InChI is InChI=1S/C18H22ClFN4O2/c1-3-4-16-21-17(26-22-16)12(2)23-7-9-24(10-8-23)18(25)14-11-13(19)5-6-15(14)20/h5-6,11-12H,3-4,7-10H2,1-2H3. The molecule has 1 atom stereocenters. The van der Waals surface area contributed by atoms with Gasteiger partial charge in [-0.25, -0.2) is 4.39 Å². The molecule has 0 bridgehead atoms. The van der Waals surface area contributed by atoms with Gasteiger partial charge in [0.2, 0.25) is 5.89 Å². The lowest BCUT2D eigenvalue weighted by Gasteiger charge is -2.36. The Hall–Kier alpha value is -1.99. The molecule has 2 aromatic rings. The van der Waals surface area contributed by atoms with Gasteiger partial charge in [-0.05, 0) is 31.5 Å². The van der Waals surface area contributed by atoms with Gasteiger partial charge in [0.25, 0.3) is 5.91 Å². The fourth-order valence-corrected chi connectivity index (χ4v) is 3.23. The van der Waals surface area contributed by atoms with Gasteiger partial charge in [-0.3, -0.25) is 9.69 Å². The fraction of sp³-hybridized carbons (Fsp3) is 0.500. The Bertz CT molecular complexity index is 774. The number of aromatic nitrogens is 2. The van der Waals surface area contributed by atoms with E-state index < -0.39 is 5.82 Å². The van der Waals surface area contributed by atoms with Crippen LogP contribution in [0.4, 0.5) is 4.39 Å². The highest BCUT2D eigenvalue weighted by Crippen LogP contribution is 2.22. The van der Waals surface area contributed by atoms with Crippen molar-refractivity contribution in [3.05, 3.63) is 46.3 Å². The van der Waals surface area contributed by atoms with Crippen molar-refractivity contribution in [2.24, 2.45) is 0 Å². The average Bonchev–Trinajstić information content (AvgIpc) is 3.11. The maximum Gasteiger partial charge on any atom is 0.256 e. The molecule has 0 N–H and O–H groups in total. The van der Waals surface area contributed by atoms with Gasteiger partial charge < -0.3 is 9.42 Å². The van der Waals surface area contributed by atoms with Crippen molar-refractivity contribution in [3.8, 4) is 0 Å². The number of halogens is 2. The van der Waals surface area contributed by atoms with Crippen LogP contribution in [0.3, 0.4) is 0 Å². The van der Waals surface area contributed by atoms with Gasteiger partial charge in [0.05, 0.1) is 11.6 Å². The van der Waals surface area contributed by atoms with Gasteiger partial charge in [0, 0.05) is 37.6 Å². The first-order valence-corrected chi connectivity index (χ1v) is 9.18. The molecule has 0 radical (unpaired) electrons. The van der Waals surface area contributed by atoms with Gasteiger partial charge in [-0.1, -0.05) is 23.7 Å². The zero-order valence-corrected chi connectivity index (χ0v) is 15.7. The maximum atomic E-state index is 13.9. The number of hydrogen-bond acceptors (Lipinski definition) is 5. The molecule has 0 aliphatic carbocycles. The molecule has 140 valence electrons. The Kier molecular flexibility index (Phi) is 5.88. The minimum absolute atomic E-state index is 0.0140. The summed E-state index contributed by atoms with van der Waals surface area (Å²) in [5.41, 5.74) is 0.0140. The minimum Gasteiger partial charge on any atom is -0.338 e. The molecule has 0 saturated carbocycles. The van der Waals surface area contributed by atoms with Crippen LogP contribution in [-0.4, -0.2) is 52.0 Å². The molecule has 1 aliphatic rings. The Morgan fingerprint density at radius 3 is 2.77 bits per heavy atom. The predicted octanol–water partition coefficient (Wildman–Crippen LogP) is 3.33. The number of hydrogen-bond donors (Lipinski definition) is 0. The summed E-state index contributed by atoms with van der Waals surface area (Å²) < 4.78 is 19.3. The molecule has 1 amide bonds. The Morgan fingerprint density at radius 2 is 2.08 bits per heavy atom. The molecule has 1 aliphatic heterocycles. The third-order valence-corrected chi connectivity index (χ3v) is 4.86. The highest BCUT2D eigenvalue weighted by molar-refractivity contribution is 6.31. The lowest BCUT2D eigenvalue weighted by atomic mass is 10.1. The molecule has 1 aromatic heterocycles. The summed E-state index contributed by atoms with van der Waals surface area (Å²) in [6, 6.07) is 4.01. The molecular weight excluding hydrogens is 359 g/mol. The lowest BCUT2D eigenvalue weighted by Crippen LogP contribution is -2.49. The van der Waals surface area contributed by atoms with Crippen LogP contribution in [0.15, 0.2) is 22.7 Å². The lowest BCUT2D eigenvalue weighted by molar-refractivity contribution is 0.0547. The number of piperazine rings is 1. The molecule has 8 heteroatoms. The first-order chi connectivity index (χ1) is 12.5. The van der Waals surface area contributed by atoms with Crippen molar-refractivity contribution in [1.29, 1.82) is 0 Å². The molecule has 1 fully saturated rings. The van der Waals surface area contributed by atoms with Crippen molar-refractivity contribution in [2.45, 2.75) is 32.7 Å². The zero-order valence-electron chi connectivity index (χ0n) is 14.9. The van der Waals surface area contributed by atoms with Gasteiger partial charge in [0.1, 0.15) is 5.82 Å². The van der Waals surface area contributed by atoms with E-state index in [1.54, 1.807) is 4.90 Å². The second kappa shape index (κ2) is 8.14. The van der Waals surface area contributed by atoms with E-state index >= 15 is 0 Å². The van der Waals surface area contributed by atoms with Crippen LogP contribution in [0.25, 0.3) is 0 Å². The number of amides is 1. The Balaban J connectivity index is 1.61. The molecule has 1 aromatic carbocycles. The van der Waals surface area contributed by atoms with E-state index in [0.717, 1.165) is 18.7 Å². The van der Waals surface area contributed by atoms with E-state index in [1.165, 1.54) is 18.2 Å². The second-order valence-electron chi connectivity index (χ2n) is 6.43. The van der Waals surface area contributed by atoms with E-state index in [9.17, 15) is 9.18 Å². The van der Waals surface area contributed by atoms with E-state index in [1.807, 2.05) is 6.92 Å². The smallest absolute Gasteiger partial charge is 0.256 e. The van der Waals surface area contributed by atoms with Crippen molar-refractivity contribution in [1.82, 2.24) is 19.9 Å². The summed E-state index contributed by atoms with van der Waals surface area (Å²) >= 11 is 5.89. The van der Waals surface area contributed by atoms with Crippen molar-refractivity contribution in [2.75, 3.05) is 26.2 Å². The summed E-state index contributed by atoms with van der Waals surface area (Å²) in [7, 11) is 0. The van der Waals surface area contributed by atoms with Crippen LogP contribution in [0.5, 0.6) is 0 Å². The molecule has 6 nitrogen and oxygen atoms in total. The van der Waals surface area contributed by atoms with E-state index in [2.05, 4.69) is 22.0 Å². The summed E-state index contributed by atoms with van der Waals surface area (Å²) in [5.74, 6) is 0.429. The molecular formula is C18H22ClFN4O2. The monoisotopic (exact) mass is 380 g/mol. The van der Waals surface area contributed by atoms with E-state index in [4.69, 9.17) is 16.1 Å². The van der Waals surface area contributed by atoms with Crippen LogP contribution in [-0.2, 0) is 6.42 Å². The predicted molar refractivity (Wildman–Crippen MR) is 95.6 cm³/mol. The summed E-state index contributed by atoms with van der Waals surface area (Å²) in [5, 5.41) is 4.34. The third-order valence-electron chi connectivity index (χ3n) is 4.62. The molecule has 2 heterocycles. The van der Waals surface area contributed by atoms with Gasteiger partial charge >= 0.3 is 0 Å². The highest BCUT2D eigenvalue weighted by atomic mass is 35.5. The topological polar surface area (TPSA) is 62.5 Å². The minimum atomic E-state index is -0.551. The average molecular weight is 381 g/mol. The molecule has 0 spiro atoms. The number of aryl methyl sites for hydroxylation is 1. The number of nitrogens with zero attached hydrogens (tertiary/aromatic N) is 4. The number of rotatable bonds is 5. The molecule has 3 rings (SSSR count). The van der Waals surface area contributed by atoms with Crippen molar-refractivity contribution >= 4 is 17.5 Å². The van der Waals surface area contributed by atoms with Gasteiger partial charge in [0.15, 0.2) is 5.82 Å². The van der Waals surface area contributed by atoms with Crippen LogP contribution < -0.4 is 0 Å². The first kappa shape index (κ1) is 18.8. The van der Waals surface area contributed by atoms with Gasteiger partial charge in [-0.15, -0.1) is 0 Å². The zero-order chi connectivity index (χ0) is 18.7. The SMILES string of the molecule is CCCc1noc(C(C)N2CCN(C(=O)c3cc(Cl)ccc3F)CC2)n1.